The first-order chi connectivity index (χ1) is 13.1. The molecule has 0 aliphatic carbocycles. The van der Waals surface area contributed by atoms with Gasteiger partial charge in [0, 0.05) is 16.5 Å². The molecule has 0 radical (unpaired) electrons. The highest BCUT2D eigenvalue weighted by molar-refractivity contribution is 7.14. The van der Waals surface area contributed by atoms with Crippen LogP contribution in [-0.2, 0) is 0 Å². The Balaban J connectivity index is 1.67. The fourth-order valence-electron chi connectivity index (χ4n) is 2.72. The summed E-state index contributed by atoms with van der Waals surface area (Å²) < 4.78 is 5.40. The molecule has 0 aliphatic rings. The Hall–Kier alpha value is -2.66. The smallest absolute Gasteiger partial charge is 0.257 e. The molecule has 4 nitrogen and oxygen atoms in total. The van der Waals surface area contributed by atoms with Gasteiger partial charge in [-0.25, -0.2) is 4.98 Å². The van der Waals surface area contributed by atoms with Crippen LogP contribution in [0.3, 0.4) is 0 Å². The van der Waals surface area contributed by atoms with Crippen LogP contribution in [0.1, 0.15) is 49.0 Å². The number of benzene rings is 2. The largest absolute Gasteiger partial charge is 0.494 e. The van der Waals surface area contributed by atoms with Crippen molar-refractivity contribution < 1.29 is 9.53 Å². The topological polar surface area (TPSA) is 51.2 Å². The van der Waals surface area contributed by atoms with Crippen LogP contribution < -0.4 is 10.1 Å². The maximum absolute atomic E-state index is 12.4. The minimum absolute atomic E-state index is 0.175. The molecule has 1 atom stereocenters. The van der Waals surface area contributed by atoms with E-state index < -0.39 is 0 Å². The van der Waals surface area contributed by atoms with Crippen LogP contribution in [0.15, 0.2) is 53.9 Å². The summed E-state index contributed by atoms with van der Waals surface area (Å²) in [4.78, 5) is 16.9. The average molecular weight is 381 g/mol. The third-order valence-corrected chi connectivity index (χ3v) is 5.30. The Morgan fingerprint density at radius 2 is 1.81 bits per heavy atom. The van der Waals surface area contributed by atoms with Crippen LogP contribution in [0, 0.1) is 0 Å². The zero-order valence-electron chi connectivity index (χ0n) is 15.9. The van der Waals surface area contributed by atoms with E-state index in [1.807, 2.05) is 12.3 Å². The first-order valence-corrected chi connectivity index (χ1v) is 10.1. The molecule has 27 heavy (non-hydrogen) atoms. The number of thiazole rings is 1. The molecular weight excluding hydrogens is 356 g/mol. The van der Waals surface area contributed by atoms with Gasteiger partial charge < -0.3 is 4.74 Å². The van der Waals surface area contributed by atoms with Crippen LogP contribution in [0.4, 0.5) is 5.13 Å². The van der Waals surface area contributed by atoms with E-state index in [0.29, 0.717) is 23.2 Å². The third-order valence-electron chi connectivity index (χ3n) is 4.54. The number of carbonyl (C=O) groups is 1. The molecule has 0 fully saturated rings. The Kier molecular flexibility index (Phi) is 6.24. The van der Waals surface area contributed by atoms with Gasteiger partial charge in [-0.2, -0.15) is 0 Å². The van der Waals surface area contributed by atoms with Crippen LogP contribution in [0.25, 0.3) is 11.3 Å². The molecule has 1 aromatic heterocycles. The zero-order valence-corrected chi connectivity index (χ0v) is 16.7. The summed E-state index contributed by atoms with van der Waals surface area (Å²) in [5.41, 5.74) is 3.84. The lowest BCUT2D eigenvalue weighted by molar-refractivity contribution is 0.102. The molecule has 1 heterocycles. The molecule has 1 N–H and O–H groups in total. The average Bonchev–Trinajstić information content (AvgIpc) is 3.16. The molecule has 2 aromatic carbocycles. The van der Waals surface area contributed by atoms with E-state index in [0.717, 1.165) is 23.4 Å². The van der Waals surface area contributed by atoms with Crippen molar-refractivity contribution in [1.29, 1.82) is 0 Å². The Bertz CT molecular complexity index is 885. The normalized spacial score (nSPS) is 11.8. The van der Waals surface area contributed by atoms with E-state index in [-0.39, 0.29) is 5.91 Å². The quantitative estimate of drug-likeness (QED) is 0.549. The number of aromatic nitrogens is 1. The maximum atomic E-state index is 12.4. The van der Waals surface area contributed by atoms with E-state index in [1.165, 1.54) is 16.9 Å². The third kappa shape index (κ3) is 4.74. The molecule has 1 unspecified atom stereocenters. The van der Waals surface area contributed by atoms with Gasteiger partial charge in [-0.05, 0) is 49.1 Å². The van der Waals surface area contributed by atoms with Crippen molar-refractivity contribution >= 4 is 22.4 Å². The van der Waals surface area contributed by atoms with Gasteiger partial charge in [0.2, 0.25) is 0 Å². The highest BCUT2D eigenvalue weighted by Gasteiger charge is 2.11. The number of carbonyl (C=O) groups excluding carboxylic acids is 1. The lowest BCUT2D eigenvalue weighted by Crippen LogP contribution is -2.11. The lowest BCUT2D eigenvalue weighted by atomic mass is 9.97. The predicted octanol–water partition coefficient (Wildman–Crippen LogP) is 5.97. The van der Waals surface area contributed by atoms with Crippen LogP contribution in [-0.4, -0.2) is 17.5 Å². The first-order valence-electron chi connectivity index (χ1n) is 9.20. The van der Waals surface area contributed by atoms with Crippen LogP contribution in [0.2, 0.25) is 0 Å². The number of amides is 1. The predicted molar refractivity (Wildman–Crippen MR) is 112 cm³/mol. The lowest BCUT2D eigenvalue weighted by Gasteiger charge is -2.08. The molecule has 0 saturated heterocycles. The van der Waals surface area contributed by atoms with Crippen molar-refractivity contribution in [3.63, 3.8) is 0 Å². The summed E-state index contributed by atoms with van der Waals surface area (Å²) in [6, 6.07) is 15.6. The van der Waals surface area contributed by atoms with Gasteiger partial charge in [0.25, 0.3) is 5.91 Å². The van der Waals surface area contributed by atoms with Gasteiger partial charge in [-0.15, -0.1) is 11.3 Å². The number of anilines is 1. The maximum Gasteiger partial charge on any atom is 0.257 e. The van der Waals surface area contributed by atoms with Gasteiger partial charge in [0.05, 0.1) is 12.3 Å². The van der Waals surface area contributed by atoms with Gasteiger partial charge in [-0.3, -0.25) is 10.1 Å². The van der Waals surface area contributed by atoms with Crippen LogP contribution in [0.5, 0.6) is 5.75 Å². The van der Waals surface area contributed by atoms with Gasteiger partial charge >= 0.3 is 0 Å². The Morgan fingerprint density at radius 3 is 2.44 bits per heavy atom. The molecule has 140 valence electrons. The second kappa shape index (κ2) is 8.82. The minimum atomic E-state index is -0.175. The van der Waals surface area contributed by atoms with Gasteiger partial charge in [0.1, 0.15) is 5.75 Å². The van der Waals surface area contributed by atoms with E-state index in [1.54, 1.807) is 24.3 Å². The zero-order chi connectivity index (χ0) is 19.2. The van der Waals surface area contributed by atoms with Crippen molar-refractivity contribution in [1.82, 2.24) is 4.98 Å². The summed E-state index contributed by atoms with van der Waals surface area (Å²) in [5, 5.41) is 5.42. The molecule has 0 aliphatic heterocycles. The Morgan fingerprint density at radius 1 is 1.11 bits per heavy atom. The Labute approximate surface area is 164 Å². The second-order valence-corrected chi connectivity index (χ2v) is 7.24. The summed E-state index contributed by atoms with van der Waals surface area (Å²) in [6.07, 6.45) is 1.12. The summed E-state index contributed by atoms with van der Waals surface area (Å²) in [5.74, 6) is 1.14. The van der Waals surface area contributed by atoms with Crippen LogP contribution >= 0.6 is 11.3 Å². The molecular formula is C22H24N2O2S. The highest BCUT2D eigenvalue weighted by atomic mass is 32.1. The van der Waals surface area contributed by atoms with Crippen molar-refractivity contribution in [2.45, 2.75) is 33.1 Å². The molecule has 0 bridgehead atoms. The molecule has 1 amide bonds. The standard InChI is InChI=1S/C22H24N2O2S/c1-4-15(3)16-6-8-17(9-7-16)20-14-27-22(23-20)24-21(25)18-10-12-19(13-11-18)26-5-2/h6-15H,4-5H2,1-3H3,(H,23,24,25). The fourth-order valence-corrected chi connectivity index (χ4v) is 3.44. The molecule has 3 aromatic rings. The van der Waals surface area contributed by atoms with Crippen molar-refractivity contribution in [2.75, 3.05) is 11.9 Å². The molecule has 0 spiro atoms. The SMILES string of the molecule is CCOc1ccc(C(=O)Nc2nc(-c3ccc(C(C)CC)cc3)cs2)cc1. The second-order valence-electron chi connectivity index (χ2n) is 6.38. The highest BCUT2D eigenvalue weighted by Crippen LogP contribution is 2.27. The van der Waals surface area contributed by atoms with E-state index >= 15 is 0 Å². The first kappa shape index (κ1) is 19.1. The van der Waals surface area contributed by atoms with E-state index in [9.17, 15) is 4.79 Å². The molecule has 3 rings (SSSR count). The number of ether oxygens (including phenoxy) is 1. The molecule has 5 heteroatoms. The van der Waals surface area contributed by atoms with Crippen molar-refractivity contribution in [3.8, 4) is 17.0 Å². The summed E-state index contributed by atoms with van der Waals surface area (Å²) in [7, 11) is 0. The summed E-state index contributed by atoms with van der Waals surface area (Å²) in [6.45, 7) is 6.95. The fraction of sp³-hybridized carbons (Fsp3) is 0.273. The monoisotopic (exact) mass is 380 g/mol. The van der Waals surface area contributed by atoms with E-state index in [2.05, 4.69) is 48.4 Å². The van der Waals surface area contributed by atoms with Crippen molar-refractivity contribution in [3.05, 3.63) is 65.0 Å². The number of hydrogen-bond donors (Lipinski definition) is 1. The number of nitrogens with one attached hydrogen (secondary N) is 1. The van der Waals surface area contributed by atoms with E-state index in [4.69, 9.17) is 4.74 Å². The van der Waals surface area contributed by atoms with Gasteiger partial charge in [-0.1, -0.05) is 38.1 Å². The summed E-state index contributed by atoms with van der Waals surface area (Å²) >= 11 is 1.43. The molecule has 0 saturated carbocycles. The van der Waals surface area contributed by atoms with Crippen molar-refractivity contribution in [2.24, 2.45) is 0 Å². The number of rotatable bonds is 7. The minimum Gasteiger partial charge on any atom is -0.494 e. The number of nitrogens with zero attached hydrogens (tertiary/aromatic N) is 1. The van der Waals surface area contributed by atoms with Gasteiger partial charge in [0.15, 0.2) is 5.13 Å². The number of hydrogen-bond acceptors (Lipinski definition) is 4.